The first-order chi connectivity index (χ1) is 13.2. The predicted octanol–water partition coefficient (Wildman–Crippen LogP) is 2.35. The summed E-state index contributed by atoms with van der Waals surface area (Å²) in [4.78, 5) is 16.5. The van der Waals surface area contributed by atoms with Crippen molar-refractivity contribution < 1.29 is 13.9 Å². The number of nitrogens with one attached hydrogen (secondary N) is 2. The third kappa shape index (κ3) is 3.26. The van der Waals surface area contributed by atoms with E-state index in [1.54, 1.807) is 42.1 Å². The van der Waals surface area contributed by atoms with Gasteiger partial charge in [0.1, 0.15) is 12.3 Å². The monoisotopic (exact) mass is 380 g/mol. The van der Waals surface area contributed by atoms with E-state index >= 15 is 0 Å². The number of nitrogens with zero attached hydrogens (tertiary/aromatic N) is 3. The molecule has 2 N–H and O–H groups in total. The Morgan fingerprint density at radius 3 is 2.89 bits per heavy atom. The first-order valence-electron chi connectivity index (χ1n) is 7.99. The van der Waals surface area contributed by atoms with Gasteiger partial charge in [-0.2, -0.15) is 5.26 Å². The highest BCUT2D eigenvalue weighted by Gasteiger charge is 2.23. The highest BCUT2D eigenvalue weighted by atomic mass is 32.1. The quantitative estimate of drug-likeness (QED) is 0.515. The van der Waals surface area contributed by atoms with Crippen molar-refractivity contribution in [1.82, 2.24) is 10.3 Å². The molecule has 0 unspecified atom stereocenters. The van der Waals surface area contributed by atoms with Gasteiger partial charge in [-0.15, -0.1) is 0 Å². The van der Waals surface area contributed by atoms with Crippen molar-refractivity contribution >= 4 is 26.7 Å². The number of hydrogen-bond acceptors (Lipinski definition) is 7. The Balaban J connectivity index is 1.59. The topological polar surface area (TPSA) is 108 Å². The van der Waals surface area contributed by atoms with Gasteiger partial charge in [-0.05, 0) is 40.3 Å². The Morgan fingerprint density at radius 2 is 2.15 bits per heavy atom. The minimum atomic E-state index is -0.466. The van der Waals surface area contributed by atoms with Crippen LogP contribution in [0.5, 0.6) is 5.75 Å². The molecule has 0 aliphatic carbocycles. The fourth-order valence-corrected chi connectivity index (χ4v) is 3.51. The number of aromatic amines is 1. The van der Waals surface area contributed by atoms with Crippen LogP contribution in [0.2, 0.25) is 0 Å². The molecule has 8 nitrogen and oxygen atoms in total. The number of anilines is 1. The van der Waals surface area contributed by atoms with Crippen LogP contribution in [0.15, 0.2) is 51.8 Å². The molecule has 0 saturated heterocycles. The third-order valence-corrected chi connectivity index (χ3v) is 4.97. The molecule has 9 heteroatoms. The molecular weight excluding hydrogens is 366 g/mol. The van der Waals surface area contributed by atoms with E-state index in [1.807, 2.05) is 12.1 Å². The maximum absolute atomic E-state index is 12.1. The Labute approximate surface area is 157 Å². The van der Waals surface area contributed by atoms with Crippen molar-refractivity contribution in [3.8, 4) is 17.5 Å². The fraction of sp³-hybridized carbons (Fsp3) is 0.111. The molecule has 27 heavy (non-hydrogen) atoms. The second-order valence-corrected chi connectivity index (χ2v) is 6.66. The Kier molecular flexibility index (Phi) is 4.32. The summed E-state index contributed by atoms with van der Waals surface area (Å²) in [7, 11) is 1.59. The molecule has 2 aromatic carbocycles. The summed E-state index contributed by atoms with van der Waals surface area (Å²) in [5.74, 6) is 0.719. The number of hydrogen-bond donors (Lipinski definition) is 2. The first kappa shape index (κ1) is 16.8. The lowest BCUT2D eigenvalue weighted by atomic mass is 10.2. The van der Waals surface area contributed by atoms with Gasteiger partial charge in [-0.3, -0.25) is 4.52 Å². The minimum absolute atomic E-state index is 0.225. The molecule has 0 amide bonds. The molecule has 4 rings (SSSR count). The van der Waals surface area contributed by atoms with Crippen molar-refractivity contribution in [2.45, 2.75) is 6.54 Å². The van der Waals surface area contributed by atoms with E-state index in [2.05, 4.69) is 21.6 Å². The summed E-state index contributed by atoms with van der Waals surface area (Å²) in [6.45, 7) is 0.225. The number of thiazole rings is 1. The Hall–Kier alpha value is -3.64. The number of H-pyrrole nitrogens is 1. The normalized spacial score (nSPS) is 10.7. The van der Waals surface area contributed by atoms with Crippen LogP contribution in [-0.2, 0) is 6.54 Å². The Bertz CT molecular complexity index is 1200. The van der Waals surface area contributed by atoms with Gasteiger partial charge < -0.3 is 10.1 Å². The average molecular weight is 380 g/mol. The molecule has 134 valence electrons. The van der Waals surface area contributed by atoms with Gasteiger partial charge in [0.2, 0.25) is 5.69 Å². The van der Waals surface area contributed by atoms with Gasteiger partial charge in [0.15, 0.2) is 5.13 Å². The summed E-state index contributed by atoms with van der Waals surface area (Å²) in [5, 5.41) is 15.4. The summed E-state index contributed by atoms with van der Waals surface area (Å²) >= 11 is 1.42. The van der Waals surface area contributed by atoms with Crippen LogP contribution in [0, 0.1) is 11.3 Å². The number of ether oxygens (including phenoxy) is 1. The molecule has 2 heterocycles. The zero-order chi connectivity index (χ0) is 18.8. The SMILES string of the molecule is COc1ccc(-[n+]2[nH]oc(=O)c2CNc2nc3ccc(C#N)cc3s2)cc1. The van der Waals surface area contributed by atoms with Gasteiger partial charge in [0.05, 0.1) is 29.0 Å². The molecule has 0 saturated carbocycles. The summed E-state index contributed by atoms with van der Waals surface area (Å²) in [6, 6.07) is 14.7. The lowest BCUT2D eigenvalue weighted by Gasteiger charge is -1.99. The van der Waals surface area contributed by atoms with E-state index in [9.17, 15) is 4.79 Å². The van der Waals surface area contributed by atoms with E-state index in [0.29, 0.717) is 16.4 Å². The number of fused-ring (bicyclic) bond motifs is 1. The molecule has 0 aliphatic rings. The maximum atomic E-state index is 12.1. The van der Waals surface area contributed by atoms with E-state index in [4.69, 9.17) is 14.5 Å². The second-order valence-electron chi connectivity index (χ2n) is 5.63. The summed E-state index contributed by atoms with van der Waals surface area (Å²) < 4.78 is 12.6. The Morgan fingerprint density at radius 1 is 1.33 bits per heavy atom. The third-order valence-electron chi connectivity index (χ3n) is 3.99. The van der Waals surface area contributed by atoms with Gasteiger partial charge >= 0.3 is 11.3 Å². The molecule has 0 atom stereocenters. The van der Waals surface area contributed by atoms with Gasteiger partial charge in [0.25, 0.3) is 0 Å². The van der Waals surface area contributed by atoms with Crippen LogP contribution in [0.3, 0.4) is 0 Å². The summed E-state index contributed by atoms with van der Waals surface area (Å²) in [5.41, 5.74) is 2.05. The lowest BCUT2D eigenvalue weighted by Crippen LogP contribution is -2.39. The van der Waals surface area contributed by atoms with Crippen LogP contribution in [0.1, 0.15) is 11.3 Å². The molecular formula is C18H14N5O3S+. The number of aromatic nitrogens is 3. The number of benzene rings is 2. The highest BCUT2D eigenvalue weighted by Crippen LogP contribution is 2.26. The number of nitriles is 1. The lowest BCUT2D eigenvalue weighted by molar-refractivity contribution is -0.677. The summed E-state index contributed by atoms with van der Waals surface area (Å²) in [6.07, 6.45) is 0. The fourth-order valence-electron chi connectivity index (χ4n) is 2.61. The smallest absolute Gasteiger partial charge is 0.432 e. The molecule has 2 aromatic heterocycles. The zero-order valence-electron chi connectivity index (χ0n) is 14.2. The van der Waals surface area contributed by atoms with Crippen LogP contribution in [0.25, 0.3) is 15.9 Å². The van der Waals surface area contributed by atoms with E-state index < -0.39 is 5.63 Å². The highest BCUT2D eigenvalue weighted by molar-refractivity contribution is 7.22. The van der Waals surface area contributed by atoms with Crippen LogP contribution < -0.4 is 20.4 Å². The van der Waals surface area contributed by atoms with E-state index in [0.717, 1.165) is 21.7 Å². The standard InChI is InChI=1S/C18H13N5O3S/c1-25-13-5-3-12(4-6-13)23-15(17(24)26-22-23)10-20-18-21-14-7-2-11(9-19)8-16(14)27-18/h2-8H,10H2,1H3,(H-,20,21,22,24)/p+1. The van der Waals surface area contributed by atoms with E-state index in [1.165, 1.54) is 11.3 Å². The zero-order valence-corrected chi connectivity index (χ0v) is 15.0. The van der Waals surface area contributed by atoms with Gasteiger partial charge in [0, 0.05) is 12.1 Å². The number of rotatable bonds is 5. The van der Waals surface area contributed by atoms with E-state index in [-0.39, 0.29) is 6.54 Å². The van der Waals surface area contributed by atoms with Crippen molar-refractivity contribution in [3.05, 3.63) is 64.1 Å². The molecule has 0 bridgehead atoms. The second kappa shape index (κ2) is 6.93. The van der Waals surface area contributed by atoms with Gasteiger partial charge in [-0.1, -0.05) is 11.3 Å². The maximum Gasteiger partial charge on any atom is 0.432 e. The van der Waals surface area contributed by atoms with Crippen molar-refractivity contribution in [3.63, 3.8) is 0 Å². The molecule has 0 radical (unpaired) electrons. The van der Waals surface area contributed by atoms with Gasteiger partial charge in [-0.25, -0.2) is 9.78 Å². The molecule has 0 fully saturated rings. The van der Waals surface area contributed by atoms with Crippen molar-refractivity contribution in [2.24, 2.45) is 0 Å². The average Bonchev–Trinajstić information content (AvgIpc) is 3.28. The van der Waals surface area contributed by atoms with Crippen molar-refractivity contribution in [2.75, 3.05) is 12.4 Å². The molecule has 0 spiro atoms. The molecule has 0 aliphatic heterocycles. The molecule has 4 aromatic rings. The van der Waals surface area contributed by atoms with Crippen LogP contribution >= 0.6 is 11.3 Å². The largest absolute Gasteiger partial charge is 0.497 e. The number of methoxy groups -OCH3 is 1. The first-order valence-corrected chi connectivity index (χ1v) is 8.81. The van der Waals surface area contributed by atoms with Crippen molar-refractivity contribution in [1.29, 1.82) is 5.26 Å². The minimum Gasteiger partial charge on any atom is -0.497 e. The predicted molar refractivity (Wildman–Crippen MR) is 99.1 cm³/mol. The van der Waals surface area contributed by atoms with Crippen LogP contribution in [0.4, 0.5) is 5.13 Å². The van der Waals surface area contributed by atoms with Crippen LogP contribution in [-0.4, -0.2) is 17.4 Å².